The number of halogens is 1. The SMILES string of the molecule is Cc1cc([C@@H](C)Nc2ccc(F)cc2S(C)(=O)=O)c2nc(N3CCOCC3)n(C)c(=O)c2c1. The van der Waals surface area contributed by atoms with E-state index in [0.29, 0.717) is 48.8 Å². The van der Waals surface area contributed by atoms with Crippen molar-refractivity contribution in [2.75, 3.05) is 42.8 Å². The molecule has 0 aliphatic carbocycles. The number of nitrogens with one attached hydrogen (secondary N) is 1. The Morgan fingerprint density at radius 1 is 1.18 bits per heavy atom. The molecule has 0 spiro atoms. The molecule has 8 nitrogen and oxygen atoms in total. The first-order chi connectivity index (χ1) is 15.6. The van der Waals surface area contributed by atoms with E-state index in [1.807, 2.05) is 30.9 Å². The van der Waals surface area contributed by atoms with Gasteiger partial charge >= 0.3 is 0 Å². The lowest BCUT2D eigenvalue weighted by Gasteiger charge is -2.29. The number of morpholine rings is 1. The number of nitrogens with zero attached hydrogens (tertiary/aromatic N) is 3. The highest BCUT2D eigenvalue weighted by molar-refractivity contribution is 7.90. The van der Waals surface area contributed by atoms with Gasteiger partial charge in [-0.2, -0.15) is 0 Å². The largest absolute Gasteiger partial charge is 0.378 e. The topological polar surface area (TPSA) is 93.5 Å². The van der Waals surface area contributed by atoms with Crippen LogP contribution in [0.5, 0.6) is 0 Å². The van der Waals surface area contributed by atoms with Gasteiger partial charge in [-0.1, -0.05) is 6.07 Å². The summed E-state index contributed by atoms with van der Waals surface area (Å²) in [5.41, 5.74) is 2.32. The maximum Gasteiger partial charge on any atom is 0.262 e. The Morgan fingerprint density at radius 2 is 1.88 bits per heavy atom. The zero-order valence-corrected chi connectivity index (χ0v) is 19.9. The molecule has 0 amide bonds. The minimum Gasteiger partial charge on any atom is -0.378 e. The van der Waals surface area contributed by atoms with Gasteiger partial charge in [0.2, 0.25) is 5.95 Å². The molecule has 0 unspecified atom stereocenters. The van der Waals surface area contributed by atoms with E-state index in [4.69, 9.17) is 9.72 Å². The molecule has 0 bridgehead atoms. The van der Waals surface area contributed by atoms with Crippen LogP contribution in [0.3, 0.4) is 0 Å². The van der Waals surface area contributed by atoms with Crippen molar-refractivity contribution in [2.45, 2.75) is 24.8 Å². The summed E-state index contributed by atoms with van der Waals surface area (Å²) in [6.07, 6.45) is 1.04. The van der Waals surface area contributed by atoms with Crippen LogP contribution in [0.1, 0.15) is 24.1 Å². The van der Waals surface area contributed by atoms with Gasteiger partial charge in [-0.3, -0.25) is 9.36 Å². The van der Waals surface area contributed by atoms with E-state index in [9.17, 15) is 17.6 Å². The van der Waals surface area contributed by atoms with Crippen molar-refractivity contribution in [3.05, 3.63) is 57.6 Å². The third kappa shape index (κ3) is 4.58. The Hall–Kier alpha value is -2.98. The van der Waals surface area contributed by atoms with Crippen molar-refractivity contribution >= 4 is 32.4 Å². The Labute approximate surface area is 191 Å². The van der Waals surface area contributed by atoms with E-state index in [2.05, 4.69) is 5.32 Å². The second kappa shape index (κ2) is 8.75. The first kappa shape index (κ1) is 23.2. The van der Waals surface area contributed by atoms with Gasteiger partial charge in [0.15, 0.2) is 9.84 Å². The molecule has 3 aromatic rings. The molecule has 1 saturated heterocycles. The summed E-state index contributed by atoms with van der Waals surface area (Å²) in [6.45, 7) is 6.14. The second-order valence-electron chi connectivity index (χ2n) is 8.40. The first-order valence-electron chi connectivity index (χ1n) is 10.7. The predicted octanol–water partition coefficient (Wildman–Crippen LogP) is 2.79. The molecule has 1 aliphatic rings. The van der Waals surface area contributed by atoms with Crippen LogP contribution < -0.4 is 15.8 Å². The number of rotatable bonds is 5. The third-order valence-electron chi connectivity index (χ3n) is 5.81. The fourth-order valence-electron chi connectivity index (χ4n) is 4.15. The highest BCUT2D eigenvalue weighted by atomic mass is 32.2. The lowest BCUT2D eigenvalue weighted by Crippen LogP contribution is -2.40. The molecule has 0 saturated carbocycles. The van der Waals surface area contributed by atoms with E-state index >= 15 is 0 Å². The maximum absolute atomic E-state index is 13.7. The number of aryl methyl sites for hydroxylation is 1. The van der Waals surface area contributed by atoms with Gasteiger partial charge in [0.25, 0.3) is 5.56 Å². The number of sulfone groups is 1. The lowest BCUT2D eigenvalue weighted by molar-refractivity contribution is 0.121. The van der Waals surface area contributed by atoms with Gasteiger partial charge in [-0.25, -0.2) is 17.8 Å². The number of hydrogen-bond donors (Lipinski definition) is 1. The summed E-state index contributed by atoms with van der Waals surface area (Å²) >= 11 is 0. The van der Waals surface area contributed by atoms with Gasteiger partial charge in [0.1, 0.15) is 5.82 Å². The van der Waals surface area contributed by atoms with E-state index < -0.39 is 21.7 Å². The molecule has 2 aromatic carbocycles. The average Bonchev–Trinajstić information content (AvgIpc) is 2.77. The number of benzene rings is 2. The molecule has 1 aromatic heterocycles. The van der Waals surface area contributed by atoms with Crippen LogP contribution in [0, 0.1) is 12.7 Å². The van der Waals surface area contributed by atoms with E-state index in [-0.39, 0.29) is 10.5 Å². The van der Waals surface area contributed by atoms with Crippen molar-refractivity contribution < 1.29 is 17.5 Å². The van der Waals surface area contributed by atoms with Gasteiger partial charge in [0, 0.05) is 32.0 Å². The van der Waals surface area contributed by atoms with Gasteiger partial charge in [0.05, 0.1) is 40.7 Å². The van der Waals surface area contributed by atoms with Crippen LogP contribution in [0.15, 0.2) is 40.0 Å². The summed E-state index contributed by atoms with van der Waals surface area (Å²) in [7, 11) is -1.95. The van der Waals surface area contributed by atoms with Crippen molar-refractivity contribution in [2.24, 2.45) is 7.05 Å². The number of aromatic nitrogens is 2. The number of anilines is 2. The Bertz CT molecular complexity index is 1380. The second-order valence-corrected chi connectivity index (χ2v) is 10.4. The molecule has 1 atom stereocenters. The molecule has 1 N–H and O–H groups in total. The fraction of sp³-hybridized carbons (Fsp3) is 0.391. The smallest absolute Gasteiger partial charge is 0.262 e. The van der Waals surface area contributed by atoms with Crippen LogP contribution in [-0.4, -0.2) is 50.5 Å². The zero-order valence-electron chi connectivity index (χ0n) is 19.1. The van der Waals surface area contributed by atoms with Crippen molar-refractivity contribution in [3.63, 3.8) is 0 Å². The van der Waals surface area contributed by atoms with Crippen molar-refractivity contribution in [1.82, 2.24) is 9.55 Å². The molecule has 2 heterocycles. The van der Waals surface area contributed by atoms with Crippen molar-refractivity contribution in [3.8, 4) is 0 Å². The monoisotopic (exact) mass is 474 g/mol. The van der Waals surface area contributed by atoms with E-state index in [1.54, 1.807) is 11.6 Å². The first-order valence-corrected chi connectivity index (χ1v) is 12.6. The normalized spacial score (nSPS) is 15.6. The van der Waals surface area contributed by atoms with Crippen LogP contribution >= 0.6 is 0 Å². The average molecular weight is 475 g/mol. The Morgan fingerprint density at radius 3 is 2.55 bits per heavy atom. The lowest BCUT2D eigenvalue weighted by atomic mass is 10.0. The quantitative estimate of drug-likeness (QED) is 0.608. The maximum atomic E-state index is 13.7. The summed E-state index contributed by atoms with van der Waals surface area (Å²) in [6, 6.07) is 6.95. The minimum absolute atomic E-state index is 0.121. The Kier molecular flexibility index (Phi) is 6.15. The molecular weight excluding hydrogens is 447 g/mol. The van der Waals surface area contributed by atoms with Crippen LogP contribution in [0.25, 0.3) is 10.9 Å². The number of hydrogen-bond acceptors (Lipinski definition) is 7. The highest BCUT2D eigenvalue weighted by Gasteiger charge is 2.22. The summed E-state index contributed by atoms with van der Waals surface area (Å²) < 4.78 is 45.2. The predicted molar refractivity (Wildman–Crippen MR) is 126 cm³/mol. The molecule has 4 rings (SSSR count). The molecule has 0 radical (unpaired) electrons. The van der Waals surface area contributed by atoms with Gasteiger partial charge in [-0.05, 0) is 43.7 Å². The van der Waals surface area contributed by atoms with Gasteiger partial charge < -0.3 is 15.0 Å². The minimum atomic E-state index is -3.66. The summed E-state index contributed by atoms with van der Waals surface area (Å²) in [5.74, 6) is -0.0679. The molecule has 10 heteroatoms. The van der Waals surface area contributed by atoms with E-state index in [1.165, 1.54) is 12.1 Å². The molecule has 176 valence electrons. The van der Waals surface area contributed by atoms with Crippen molar-refractivity contribution in [1.29, 1.82) is 0 Å². The molecule has 1 fully saturated rings. The standard InChI is InChI=1S/C23H27FN4O4S/c1-14-11-17(15(2)25-19-6-5-16(24)13-20(19)33(4,30)31)21-18(12-14)22(29)27(3)23(26-21)28-7-9-32-10-8-28/h5-6,11-13,15,25H,7-10H2,1-4H3/t15-/m1/s1. The summed E-state index contributed by atoms with van der Waals surface area (Å²) in [4.78, 5) is 20.0. The molecule has 33 heavy (non-hydrogen) atoms. The van der Waals surface area contributed by atoms with Crippen LogP contribution in [0.2, 0.25) is 0 Å². The molecule has 1 aliphatic heterocycles. The fourth-order valence-corrected chi connectivity index (χ4v) is 5.00. The third-order valence-corrected chi connectivity index (χ3v) is 6.94. The van der Waals surface area contributed by atoms with E-state index in [0.717, 1.165) is 23.4 Å². The van der Waals surface area contributed by atoms with Crippen LogP contribution in [-0.2, 0) is 21.6 Å². The zero-order chi connectivity index (χ0) is 23.9. The summed E-state index contributed by atoms with van der Waals surface area (Å²) in [5, 5.41) is 3.67. The van der Waals surface area contributed by atoms with Crippen LogP contribution in [0.4, 0.5) is 16.0 Å². The number of ether oxygens (including phenoxy) is 1. The molecular formula is C23H27FN4O4S. The highest BCUT2D eigenvalue weighted by Crippen LogP contribution is 2.30. The number of fused-ring (bicyclic) bond motifs is 1. The van der Waals surface area contributed by atoms with Gasteiger partial charge in [-0.15, -0.1) is 0 Å². The Balaban J connectivity index is 1.84.